The molecule has 11 nitrogen and oxygen atoms in total. The topological polar surface area (TPSA) is 149 Å². The molecule has 0 bridgehead atoms. The third-order valence-corrected chi connectivity index (χ3v) is 12.3. The standard InChI is InChI=1S/C35H33F2N4O7PS2/c36-35(37,49(45,46)47)23-12-13-28-22(17-23)18-30(50-28)32(42)39-25(19-31-38-24-9-4-5-11-29(24)51-31)33(43)41-14-6-10-26(41)34(44)40-15-16-48-27(20-40)21-7-2-1-3-8-21/h1-5,7-9,11-13,17-18,25-27H,6,10,14-16,19-20H2,(H,39,42)(H2,45,46,47). The average molecular weight is 755 g/mol. The number of nitrogens with zero attached hydrogens (tertiary/aromatic N) is 3. The fraction of sp³-hybridized carbons (Fsp3) is 0.314. The number of nitrogens with one attached hydrogen (secondary N) is 1. The van der Waals surface area contributed by atoms with E-state index in [0.717, 1.165) is 39.2 Å². The highest BCUT2D eigenvalue weighted by molar-refractivity contribution is 7.52. The summed E-state index contributed by atoms with van der Waals surface area (Å²) in [6.45, 7) is 1.42. The molecule has 0 aliphatic carbocycles. The number of amides is 3. The Morgan fingerprint density at radius 1 is 1.00 bits per heavy atom. The van der Waals surface area contributed by atoms with Gasteiger partial charge < -0.3 is 29.6 Å². The van der Waals surface area contributed by atoms with Crippen LogP contribution in [0.5, 0.6) is 0 Å². The van der Waals surface area contributed by atoms with Crippen LogP contribution >= 0.6 is 30.3 Å². The molecule has 0 spiro atoms. The number of thiophene rings is 1. The zero-order valence-electron chi connectivity index (χ0n) is 27.0. The van der Waals surface area contributed by atoms with E-state index in [1.807, 2.05) is 54.6 Å². The van der Waals surface area contributed by atoms with Crippen molar-refractivity contribution in [2.24, 2.45) is 0 Å². The summed E-state index contributed by atoms with van der Waals surface area (Å²) >= 11 is 2.38. The number of para-hydroxylation sites is 1. The van der Waals surface area contributed by atoms with Crippen molar-refractivity contribution in [1.29, 1.82) is 0 Å². The van der Waals surface area contributed by atoms with E-state index in [2.05, 4.69) is 10.3 Å². The number of morpholine rings is 1. The van der Waals surface area contributed by atoms with Gasteiger partial charge in [0.15, 0.2) is 0 Å². The number of ether oxygens (including phenoxy) is 1. The number of carbonyl (C=O) groups is 3. The van der Waals surface area contributed by atoms with Crippen LogP contribution < -0.4 is 5.32 Å². The van der Waals surface area contributed by atoms with Crippen LogP contribution in [0.4, 0.5) is 8.78 Å². The largest absolute Gasteiger partial charge is 0.399 e. The van der Waals surface area contributed by atoms with E-state index in [-0.39, 0.29) is 28.7 Å². The third-order valence-electron chi connectivity index (χ3n) is 9.14. The lowest BCUT2D eigenvalue weighted by Crippen LogP contribution is -2.56. The number of benzene rings is 3. The van der Waals surface area contributed by atoms with Crippen molar-refractivity contribution in [2.45, 2.75) is 43.1 Å². The second kappa shape index (κ2) is 14.1. The number of likely N-dealkylation sites (tertiary alicyclic amines) is 1. The number of thiazole rings is 1. The fourth-order valence-corrected chi connectivity index (χ4v) is 8.97. The van der Waals surface area contributed by atoms with Crippen molar-refractivity contribution >= 4 is 68.3 Å². The molecule has 2 aliphatic rings. The first kappa shape index (κ1) is 35.3. The van der Waals surface area contributed by atoms with Gasteiger partial charge in [-0.25, -0.2) is 4.98 Å². The Balaban J connectivity index is 1.14. The molecule has 3 unspecified atom stereocenters. The number of rotatable bonds is 9. The molecular formula is C35H33F2N4O7PS2. The highest BCUT2D eigenvalue weighted by Crippen LogP contribution is 2.59. The molecule has 3 aromatic carbocycles. The van der Waals surface area contributed by atoms with Gasteiger partial charge in [-0.2, -0.15) is 8.78 Å². The predicted octanol–water partition coefficient (Wildman–Crippen LogP) is 5.67. The van der Waals surface area contributed by atoms with Crippen molar-refractivity contribution in [3.05, 3.63) is 99.9 Å². The minimum atomic E-state index is -5.79. The van der Waals surface area contributed by atoms with Crippen molar-refractivity contribution in [3.63, 3.8) is 0 Å². The van der Waals surface area contributed by atoms with E-state index in [9.17, 15) is 37.5 Å². The first-order valence-corrected chi connectivity index (χ1v) is 19.5. The lowest BCUT2D eigenvalue weighted by atomic mass is 10.1. The molecule has 7 rings (SSSR count). The molecule has 51 heavy (non-hydrogen) atoms. The van der Waals surface area contributed by atoms with Gasteiger partial charge in [0.1, 0.15) is 18.2 Å². The van der Waals surface area contributed by atoms with E-state index >= 15 is 0 Å². The Hall–Kier alpha value is -4.11. The number of halogens is 2. The van der Waals surface area contributed by atoms with Crippen LogP contribution in [0.2, 0.25) is 0 Å². The molecular weight excluding hydrogens is 722 g/mol. The van der Waals surface area contributed by atoms with E-state index in [4.69, 9.17) is 4.74 Å². The van der Waals surface area contributed by atoms with Gasteiger partial charge in [0.25, 0.3) is 5.91 Å². The monoisotopic (exact) mass is 754 g/mol. The highest BCUT2D eigenvalue weighted by Gasteiger charge is 2.50. The maximum Gasteiger partial charge on any atom is 0.399 e. The van der Waals surface area contributed by atoms with E-state index in [1.165, 1.54) is 28.4 Å². The van der Waals surface area contributed by atoms with E-state index in [0.29, 0.717) is 48.8 Å². The SMILES string of the molecule is O=C(NC(Cc1nc2ccccc2s1)C(=O)N1CCCC1C(=O)N1CCOC(c2ccccc2)C1)c1cc2cc(C(F)(F)P(=O)(O)O)ccc2s1. The van der Waals surface area contributed by atoms with Crippen molar-refractivity contribution in [2.75, 3.05) is 26.2 Å². The van der Waals surface area contributed by atoms with Crippen LogP contribution in [0, 0.1) is 0 Å². The summed E-state index contributed by atoms with van der Waals surface area (Å²) in [6.07, 6.45) is 0.839. The third kappa shape index (κ3) is 7.19. The number of hydrogen-bond acceptors (Lipinski definition) is 8. The van der Waals surface area contributed by atoms with Crippen molar-refractivity contribution in [1.82, 2.24) is 20.1 Å². The number of alkyl halides is 2. The minimum absolute atomic E-state index is 0.0541. The number of carbonyl (C=O) groups excluding carboxylic acids is 3. The minimum Gasteiger partial charge on any atom is -0.370 e. The fourth-order valence-electron chi connectivity index (χ4n) is 6.54. The van der Waals surface area contributed by atoms with Crippen LogP contribution in [0.15, 0.2) is 78.9 Å². The van der Waals surface area contributed by atoms with Crippen LogP contribution in [0.1, 0.15) is 44.8 Å². The average Bonchev–Trinajstić information content (AvgIpc) is 3.88. The lowest BCUT2D eigenvalue weighted by Gasteiger charge is -2.37. The maximum absolute atomic E-state index is 14.4. The van der Waals surface area contributed by atoms with Crippen LogP contribution in [-0.4, -0.2) is 80.6 Å². The number of aromatic nitrogens is 1. The van der Waals surface area contributed by atoms with Gasteiger partial charge in [-0.05, 0) is 54.1 Å². The lowest BCUT2D eigenvalue weighted by molar-refractivity contribution is -0.149. The maximum atomic E-state index is 14.4. The molecule has 2 aliphatic heterocycles. The molecule has 16 heteroatoms. The quantitative estimate of drug-likeness (QED) is 0.163. The Labute approximate surface area is 299 Å². The number of fused-ring (bicyclic) bond motifs is 2. The molecule has 3 amide bonds. The van der Waals surface area contributed by atoms with Crippen molar-refractivity contribution < 1.29 is 42.3 Å². The van der Waals surface area contributed by atoms with Crippen LogP contribution in [0.3, 0.4) is 0 Å². The summed E-state index contributed by atoms with van der Waals surface area (Å²) < 4.78 is 47.6. The molecule has 2 aromatic heterocycles. The molecule has 2 fully saturated rings. The predicted molar refractivity (Wildman–Crippen MR) is 189 cm³/mol. The zero-order valence-corrected chi connectivity index (χ0v) is 29.5. The van der Waals surface area contributed by atoms with Gasteiger partial charge in [-0.1, -0.05) is 48.5 Å². The molecule has 4 heterocycles. The van der Waals surface area contributed by atoms with Gasteiger partial charge in [0.05, 0.1) is 33.3 Å². The number of hydrogen-bond donors (Lipinski definition) is 3. The summed E-state index contributed by atoms with van der Waals surface area (Å²) in [6, 6.07) is 19.8. The van der Waals surface area contributed by atoms with E-state index in [1.54, 1.807) is 4.90 Å². The first-order chi connectivity index (χ1) is 24.4. The highest BCUT2D eigenvalue weighted by atomic mass is 32.1. The van der Waals surface area contributed by atoms with Gasteiger partial charge in [0.2, 0.25) is 11.8 Å². The van der Waals surface area contributed by atoms with Gasteiger partial charge in [-0.3, -0.25) is 18.9 Å². The molecule has 0 saturated carbocycles. The summed E-state index contributed by atoms with van der Waals surface area (Å²) in [7, 11) is -5.79. The molecule has 266 valence electrons. The summed E-state index contributed by atoms with van der Waals surface area (Å²) in [5.41, 5.74) is -3.58. The van der Waals surface area contributed by atoms with Gasteiger partial charge in [0, 0.05) is 29.8 Å². The summed E-state index contributed by atoms with van der Waals surface area (Å²) in [5, 5.41) is 3.63. The molecule has 5 aromatic rings. The summed E-state index contributed by atoms with van der Waals surface area (Å²) in [5.74, 6) is -1.25. The Bertz CT molecular complexity index is 2120. The molecule has 0 radical (unpaired) electrons. The molecule has 3 N–H and O–H groups in total. The Kier molecular flexibility index (Phi) is 9.78. The van der Waals surface area contributed by atoms with Crippen molar-refractivity contribution in [3.8, 4) is 0 Å². The summed E-state index contributed by atoms with van der Waals surface area (Å²) in [4.78, 5) is 68.5. The normalized spacial score (nSPS) is 19.1. The first-order valence-electron chi connectivity index (χ1n) is 16.3. The van der Waals surface area contributed by atoms with E-state index < -0.39 is 42.7 Å². The second-order valence-corrected chi connectivity index (χ2v) is 16.3. The second-order valence-electron chi connectivity index (χ2n) is 12.5. The molecule has 2 saturated heterocycles. The molecule has 3 atom stereocenters. The smallest absolute Gasteiger partial charge is 0.370 e. The Morgan fingerprint density at radius 3 is 2.53 bits per heavy atom. The van der Waals surface area contributed by atoms with Crippen LogP contribution in [0.25, 0.3) is 20.3 Å². The zero-order chi connectivity index (χ0) is 35.9. The van der Waals surface area contributed by atoms with Gasteiger partial charge >= 0.3 is 13.3 Å². The Morgan fingerprint density at radius 2 is 1.76 bits per heavy atom. The van der Waals surface area contributed by atoms with Gasteiger partial charge in [-0.15, -0.1) is 22.7 Å². The van der Waals surface area contributed by atoms with Crippen LogP contribution in [-0.2, 0) is 31.0 Å².